The molecule has 3 N–H and O–H groups in total. The molecule has 1 saturated carbocycles. The number of fused-ring (bicyclic) bond motifs is 1. The molecule has 1 aliphatic carbocycles. The second kappa shape index (κ2) is 10.6. The van der Waals surface area contributed by atoms with Gasteiger partial charge in [0.05, 0.1) is 18.8 Å². The topological polar surface area (TPSA) is 70.6 Å². The zero-order chi connectivity index (χ0) is 23.4. The van der Waals surface area contributed by atoms with Gasteiger partial charge < -0.3 is 20.5 Å². The van der Waals surface area contributed by atoms with E-state index >= 15 is 0 Å². The van der Waals surface area contributed by atoms with E-state index in [-0.39, 0.29) is 24.9 Å². The van der Waals surface area contributed by atoms with Crippen molar-refractivity contribution in [3.05, 3.63) is 64.7 Å². The molecule has 2 aromatic rings. The Kier molecular flexibility index (Phi) is 7.60. The Morgan fingerprint density at radius 1 is 1.12 bits per heavy atom. The summed E-state index contributed by atoms with van der Waals surface area (Å²) in [6.07, 6.45) is 4.92. The molecule has 5 nitrogen and oxygen atoms in total. The van der Waals surface area contributed by atoms with Gasteiger partial charge in [-0.25, -0.2) is 8.78 Å². The molecular formula is C26H32F2N2O3. The van der Waals surface area contributed by atoms with Crippen molar-refractivity contribution in [1.29, 1.82) is 0 Å². The van der Waals surface area contributed by atoms with Gasteiger partial charge in [-0.1, -0.05) is 25.0 Å². The minimum Gasteiger partial charge on any atom is -0.493 e. The number of ether oxygens (including phenoxy) is 1. The first-order valence-corrected chi connectivity index (χ1v) is 11.8. The number of rotatable bonds is 8. The maximum Gasteiger partial charge on any atom is 0.217 e. The normalized spacial score (nSPS) is 20.1. The number of nitrogens with one attached hydrogen (secondary N) is 2. The van der Waals surface area contributed by atoms with Gasteiger partial charge in [0.2, 0.25) is 5.91 Å². The third kappa shape index (κ3) is 6.09. The number of amides is 1. The largest absolute Gasteiger partial charge is 0.493 e. The van der Waals surface area contributed by atoms with Crippen molar-refractivity contribution in [2.24, 2.45) is 0 Å². The average molecular weight is 459 g/mol. The molecule has 0 spiro atoms. The van der Waals surface area contributed by atoms with Crippen LogP contribution in [0.5, 0.6) is 5.75 Å². The first kappa shape index (κ1) is 23.6. The number of carbonyl (C=O) groups excluding carboxylic acids is 1. The second-order valence-corrected chi connectivity index (χ2v) is 9.23. The number of hydrogen-bond donors (Lipinski definition) is 3. The van der Waals surface area contributed by atoms with Crippen LogP contribution in [0.3, 0.4) is 0 Å². The summed E-state index contributed by atoms with van der Waals surface area (Å²) in [5, 5.41) is 17.0. The number of carbonyl (C=O) groups is 1. The molecule has 3 atom stereocenters. The molecule has 2 aromatic carbocycles. The van der Waals surface area contributed by atoms with Crippen LogP contribution in [0.1, 0.15) is 67.7 Å². The van der Waals surface area contributed by atoms with E-state index in [2.05, 4.69) is 22.8 Å². The number of aliphatic hydroxyl groups is 1. The van der Waals surface area contributed by atoms with Crippen molar-refractivity contribution in [1.82, 2.24) is 10.6 Å². The Morgan fingerprint density at radius 2 is 1.85 bits per heavy atom. The van der Waals surface area contributed by atoms with Crippen molar-refractivity contribution in [3.8, 4) is 5.75 Å². The summed E-state index contributed by atoms with van der Waals surface area (Å²) in [6, 6.07) is 9.03. The van der Waals surface area contributed by atoms with Crippen LogP contribution in [0.15, 0.2) is 36.4 Å². The number of hydrogen-bond acceptors (Lipinski definition) is 4. The van der Waals surface area contributed by atoms with E-state index < -0.39 is 23.8 Å². The van der Waals surface area contributed by atoms with Crippen molar-refractivity contribution in [2.45, 2.75) is 69.6 Å². The Morgan fingerprint density at radius 3 is 2.55 bits per heavy atom. The highest BCUT2D eigenvalue weighted by Gasteiger charge is 2.27. The van der Waals surface area contributed by atoms with E-state index in [1.807, 2.05) is 6.07 Å². The zero-order valence-corrected chi connectivity index (χ0v) is 18.9. The van der Waals surface area contributed by atoms with E-state index in [0.717, 1.165) is 23.8 Å². The summed E-state index contributed by atoms with van der Waals surface area (Å²) in [6.45, 7) is 2.17. The van der Waals surface area contributed by atoms with Crippen LogP contribution < -0.4 is 15.4 Å². The highest BCUT2D eigenvalue weighted by molar-refractivity contribution is 5.73. The van der Waals surface area contributed by atoms with Crippen LogP contribution in [0.4, 0.5) is 8.78 Å². The summed E-state index contributed by atoms with van der Waals surface area (Å²) >= 11 is 0. The molecular weight excluding hydrogens is 426 g/mol. The Hall–Kier alpha value is -2.51. The van der Waals surface area contributed by atoms with Gasteiger partial charge in [0.25, 0.3) is 0 Å². The van der Waals surface area contributed by atoms with Crippen LogP contribution in [0.25, 0.3) is 0 Å². The highest BCUT2D eigenvalue weighted by atomic mass is 19.1. The molecule has 0 radical (unpaired) electrons. The summed E-state index contributed by atoms with van der Waals surface area (Å²) in [4.78, 5) is 11.7. The lowest BCUT2D eigenvalue weighted by molar-refractivity contribution is -0.120. The number of aliphatic hydroxyl groups excluding tert-OH is 1. The first-order valence-electron chi connectivity index (χ1n) is 11.8. The number of halogens is 2. The van der Waals surface area contributed by atoms with Gasteiger partial charge in [0.15, 0.2) is 0 Å². The van der Waals surface area contributed by atoms with Crippen LogP contribution in [-0.4, -0.2) is 36.3 Å². The highest BCUT2D eigenvalue weighted by Crippen LogP contribution is 2.39. The summed E-state index contributed by atoms with van der Waals surface area (Å²) in [7, 11) is 0. The third-order valence-electron chi connectivity index (χ3n) is 6.70. The molecule has 33 heavy (non-hydrogen) atoms. The minimum absolute atomic E-state index is 0.0225. The Balaban J connectivity index is 1.44. The molecule has 178 valence electrons. The van der Waals surface area contributed by atoms with Gasteiger partial charge in [0, 0.05) is 37.6 Å². The van der Waals surface area contributed by atoms with Crippen LogP contribution in [-0.2, 0) is 11.2 Å². The third-order valence-corrected chi connectivity index (χ3v) is 6.70. The molecule has 3 unspecified atom stereocenters. The lowest BCUT2D eigenvalue weighted by atomic mass is 9.91. The summed E-state index contributed by atoms with van der Waals surface area (Å²) < 4.78 is 33.1. The van der Waals surface area contributed by atoms with E-state index in [4.69, 9.17) is 4.74 Å². The van der Waals surface area contributed by atoms with Gasteiger partial charge in [-0.3, -0.25) is 4.79 Å². The van der Waals surface area contributed by atoms with Crippen LogP contribution in [0, 0.1) is 11.6 Å². The molecule has 0 bridgehead atoms. The monoisotopic (exact) mass is 458 g/mol. The standard InChI is InChI=1S/C26H32F2N2O3/c1-16(31)30-24(12-17-10-20(27)14-21(28)11-17)25(32)15-29-23-8-9-33-26-7-6-19(13-22(23)26)18-4-2-3-5-18/h6-7,10-11,13-14,18,23-25,29,32H,2-5,8-9,12,15H2,1H3,(H,30,31). The SMILES string of the molecule is CC(=O)NC(Cc1cc(F)cc(F)c1)C(O)CNC1CCOc2ccc(C3CCCC3)cc21. The van der Waals surface area contributed by atoms with Gasteiger partial charge in [-0.2, -0.15) is 0 Å². The van der Waals surface area contributed by atoms with Gasteiger partial charge in [-0.05, 0) is 54.5 Å². The maximum absolute atomic E-state index is 13.6. The fourth-order valence-electron chi connectivity index (χ4n) is 5.07. The molecule has 0 aromatic heterocycles. The molecule has 7 heteroatoms. The lowest BCUT2D eigenvalue weighted by Gasteiger charge is -2.30. The average Bonchev–Trinajstić information content (AvgIpc) is 3.30. The van der Waals surface area contributed by atoms with Crippen molar-refractivity contribution in [2.75, 3.05) is 13.2 Å². The van der Waals surface area contributed by atoms with Crippen molar-refractivity contribution in [3.63, 3.8) is 0 Å². The maximum atomic E-state index is 13.6. The summed E-state index contributed by atoms with van der Waals surface area (Å²) in [5.74, 6) is -0.219. The number of benzene rings is 2. The quantitative estimate of drug-likeness (QED) is 0.556. The molecule has 1 heterocycles. The predicted octanol–water partition coefficient (Wildman–Crippen LogP) is 4.14. The van der Waals surface area contributed by atoms with E-state index in [0.29, 0.717) is 18.1 Å². The zero-order valence-electron chi connectivity index (χ0n) is 18.9. The smallest absolute Gasteiger partial charge is 0.217 e. The second-order valence-electron chi connectivity index (χ2n) is 9.23. The predicted molar refractivity (Wildman–Crippen MR) is 122 cm³/mol. The lowest BCUT2D eigenvalue weighted by Crippen LogP contribution is -2.48. The minimum atomic E-state index is -0.940. The Bertz CT molecular complexity index is 958. The van der Waals surface area contributed by atoms with E-state index in [1.165, 1.54) is 50.3 Å². The van der Waals surface area contributed by atoms with Crippen LogP contribution in [0.2, 0.25) is 0 Å². The van der Waals surface area contributed by atoms with Gasteiger partial charge >= 0.3 is 0 Å². The van der Waals surface area contributed by atoms with Gasteiger partial charge in [0.1, 0.15) is 17.4 Å². The van der Waals surface area contributed by atoms with Crippen LogP contribution >= 0.6 is 0 Å². The summed E-state index contributed by atoms with van der Waals surface area (Å²) in [5.41, 5.74) is 2.82. The molecule has 0 saturated heterocycles. The van der Waals surface area contributed by atoms with Gasteiger partial charge in [-0.15, -0.1) is 0 Å². The van der Waals surface area contributed by atoms with E-state index in [9.17, 15) is 18.7 Å². The van der Waals surface area contributed by atoms with Crippen molar-refractivity contribution >= 4 is 5.91 Å². The molecule has 4 rings (SSSR count). The Labute approximate surface area is 193 Å². The molecule has 1 aliphatic heterocycles. The molecule has 1 amide bonds. The van der Waals surface area contributed by atoms with E-state index in [1.54, 1.807) is 0 Å². The fourth-order valence-corrected chi connectivity index (χ4v) is 5.07. The fraction of sp³-hybridized carbons (Fsp3) is 0.500. The molecule has 2 aliphatic rings. The first-order chi connectivity index (χ1) is 15.9. The molecule has 1 fully saturated rings. The van der Waals surface area contributed by atoms with Crippen molar-refractivity contribution < 1.29 is 23.4 Å².